The SMILES string of the molecule is C/C(S)=C(\C=C(/C)C(C)Oc1cc(C)ccc1CC(=O)O)c1cccc(CNC(=O)OC(C)(C)C)c1. The van der Waals surface area contributed by atoms with Gasteiger partial charge in [-0.25, -0.2) is 4.79 Å². The van der Waals surface area contributed by atoms with Gasteiger partial charge in [-0.05, 0) is 93.3 Å². The number of carbonyl (C=O) groups is 2. The lowest BCUT2D eigenvalue weighted by Gasteiger charge is -2.20. The van der Waals surface area contributed by atoms with Crippen LogP contribution in [-0.4, -0.2) is 28.9 Å². The number of nitrogens with one attached hydrogen (secondary N) is 1. The van der Waals surface area contributed by atoms with Crippen LogP contribution < -0.4 is 10.1 Å². The van der Waals surface area contributed by atoms with E-state index in [-0.39, 0.29) is 12.5 Å². The first-order chi connectivity index (χ1) is 16.7. The minimum atomic E-state index is -0.902. The topological polar surface area (TPSA) is 84.9 Å². The molecule has 6 nitrogen and oxygen atoms in total. The third-order valence-electron chi connectivity index (χ3n) is 5.34. The summed E-state index contributed by atoms with van der Waals surface area (Å²) in [7, 11) is 0. The number of hydrogen-bond donors (Lipinski definition) is 3. The molecule has 0 aliphatic carbocycles. The first-order valence-corrected chi connectivity index (χ1v) is 12.3. The second-order valence-electron chi connectivity index (χ2n) is 9.89. The second-order valence-corrected chi connectivity index (χ2v) is 10.6. The van der Waals surface area contributed by atoms with Crippen molar-refractivity contribution in [3.8, 4) is 5.75 Å². The third kappa shape index (κ3) is 9.46. The highest BCUT2D eigenvalue weighted by atomic mass is 32.1. The van der Waals surface area contributed by atoms with Gasteiger partial charge in [-0.3, -0.25) is 4.79 Å². The molecule has 0 radical (unpaired) electrons. The molecule has 1 unspecified atom stereocenters. The normalized spacial score (nSPS) is 13.5. The number of carboxylic acids is 1. The van der Waals surface area contributed by atoms with Crippen LogP contribution in [0.2, 0.25) is 0 Å². The predicted molar refractivity (Wildman–Crippen MR) is 147 cm³/mol. The molecule has 2 rings (SSSR count). The van der Waals surface area contributed by atoms with Crippen LogP contribution in [-0.2, 0) is 22.5 Å². The van der Waals surface area contributed by atoms with E-state index in [9.17, 15) is 14.7 Å². The van der Waals surface area contributed by atoms with Crippen molar-refractivity contribution in [3.05, 3.63) is 81.3 Å². The molecule has 2 N–H and O–H groups in total. The molecule has 1 atom stereocenters. The Morgan fingerprint density at radius 3 is 2.44 bits per heavy atom. The van der Waals surface area contributed by atoms with Crippen LogP contribution in [0.25, 0.3) is 5.57 Å². The lowest BCUT2D eigenvalue weighted by Crippen LogP contribution is -2.32. The third-order valence-corrected chi connectivity index (χ3v) is 5.59. The standard InChI is InChI=1S/C29H37NO5S/c1-18-11-12-24(16-27(31)32)26(13-18)34-20(3)19(2)14-25(21(4)36)23-10-8-9-22(15-23)17-30-28(33)35-29(5,6)7/h8-15,20,36H,16-17H2,1-7H3,(H,30,33)(H,31,32)/b19-14+,25-21-. The Morgan fingerprint density at radius 1 is 1.14 bits per heavy atom. The van der Waals surface area contributed by atoms with Crippen molar-refractivity contribution in [2.75, 3.05) is 0 Å². The van der Waals surface area contributed by atoms with Gasteiger partial charge in [-0.15, -0.1) is 12.6 Å². The lowest BCUT2D eigenvalue weighted by molar-refractivity contribution is -0.136. The number of hydrogen-bond acceptors (Lipinski definition) is 5. The summed E-state index contributed by atoms with van der Waals surface area (Å²) in [5, 5.41) is 12.0. The fourth-order valence-electron chi connectivity index (χ4n) is 3.44. The minimum absolute atomic E-state index is 0.101. The summed E-state index contributed by atoms with van der Waals surface area (Å²) < 4.78 is 11.5. The number of rotatable bonds is 9. The van der Waals surface area contributed by atoms with Crippen molar-refractivity contribution in [3.63, 3.8) is 0 Å². The zero-order chi connectivity index (χ0) is 27.0. The molecule has 0 bridgehead atoms. The summed E-state index contributed by atoms with van der Waals surface area (Å²) in [6.07, 6.45) is 1.17. The first kappa shape index (κ1) is 29.0. The molecule has 0 fully saturated rings. The average molecular weight is 512 g/mol. The lowest BCUT2D eigenvalue weighted by atomic mass is 9.99. The van der Waals surface area contributed by atoms with Gasteiger partial charge in [0.1, 0.15) is 17.5 Å². The zero-order valence-corrected chi connectivity index (χ0v) is 23.0. The maximum Gasteiger partial charge on any atom is 0.407 e. The molecule has 0 heterocycles. The molecule has 1 amide bonds. The van der Waals surface area contributed by atoms with Gasteiger partial charge in [0, 0.05) is 12.1 Å². The molecule has 7 heteroatoms. The van der Waals surface area contributed by atoms with Crippen LogP contribution in [0.4, 0.5) is 4.79 Å². The van der Waals surface area contributed by atoms with Crippen molar-refractivity contribution in [1.82, 2.24) is 5.32 Å². The monoisotopic (exact) mass is 511 g/mol. The van der Waals surface area contributed by atoms with Gasteiger partial charge in [-0.1, -0.05) is 36.4 Å². The molecule has 0 saturated heterocycles. The van der Waals surface area contributed by atoms with Crippen LogP contribution in [0.3, 0.4) is 0 Å². The Kier molecular flexibility index (Phi) is 10.2. The van der Waals surface area contributed by atoms with Crippen molar-refractivity contribution < 1.29 is 24.2 Å². The number of amides is 1. The fourth-order valence-corrected chi connectivity index (χ4v) is 3.64. The van der Waals surface area contributed by atoms with Gasteiger partial charge in [0.15, 0.2) is 0 Å². The molecule has 0 spiro atoms. The molecule has 0 aliphatic heterocycles. The van der Waals surface area contributed by atoms with E-state index in [1.165, 1.54) is 0 Å². The molecule has 2 aromatic rings. The van der Waals surface area contributed by atoms with Crippen molar-refractivity contribution >= 4 is 30.3 Å². The molecule has 0 saturated carbocycles. The molecular weight excluding hydrogens is 474 g/mol. The van der Waals surface area contributed by atoms with E-state index < -0.39 is 17.7 Å². The Labute approximate surface area is 219 Å². The van der Waals surface area contributed by atoms with Crippen LogP contribution in [0.15, 0.2) is 59.0 Å². The molecular formula is C29H37NO5S. The maximum atomic E-state index is 12.0. The zero-order valence-electron chi connectivity index (χ0n) is 22.1. The smallest absolute Gasteiger partial charge is 0.407 e. The highest BCUT2D eigenvalue weighted by Gasteiger charge is 2.16. The van der Waals surface area contributed by atoms with E-state index in [4.69, 9.17) is 9.47 Å². The summed E-state index contributed by atoms with van der Waals surface area (Å²) in [6.45, 7) is 13.6. The number of alkyl carbamates (subject to hydrolysis) is 1. The van der Waals surface area contributed by atoms with Gasteiger partial charge < -0.3 is 19.9 Å². The minimum Gasteiger partial charge on any atom is -0.486 e. The van der Waals surface area contributed by atoms with Gasteiger partial charge >= 0.3 is 12.1 Å². The second kappa shape index (κ2) is 12.7. The number of carboxylic acid groups (broad SMARTS) is 1. The van der Waals surface area contributed by atoms with E-state index >= 15 is 0 Å². The van der Waals surface area contributed by atoms with Gasteiger partial charge in [0.05, 0.1) is 6.42 Å². The van der Waals surface area contributed by atoms with Gasteiger partial charge in [0.25, 0.3) is 0 Å². The first-order valence-electron chi connectivity index (χ1n) is 11.9. The van der Waals surface area contributed by atoms with Crippen molar-refractivity contribution in [2.45, 2.75) is 73.1 Å². The van der Waals surface area contributed by atoms with Gasteiger partial charge in [0.2, 0.25) is 0 Å². The number of carbonyl (C=O) groups excluding carboxylic acids is 1. The Morgan fingerprint density at radius 2 is 1.83 bits per heavy atom. The van der Waals surface area contributed by atoms with Crippen LogP contribution >= 0.6 is 12.6 Å². The number of ether oxygens (including phenoxy) is 2. The number of allylic oxidation sites excluding steroid dienone is 3. The molecule has 2 aromatic carbocycles. The van der Waals surface area contributed by atoms with Crippen molar-refractivity contribution in [1.29, 1.82) is 0 Å². The van der Waals surface area contributed by atoms with E-state index in [1.807, 2.05) is 90.9 Å². The summed E-state index contributed by atoms with van der Waals surface area (Å²) in [4.78, 5) is 24.1. The van der Waals surface area contributed by atoms with E-state index in [1.54, 1.807) is 6.07 Å². The number of benzene rings is 2. The Balaban J connectivity index is 2.22. The van der Waals surface area contributed by atoms with Crippen LogP contribution in [0.5, 0.6) is 5.75 Å². The van der Waals surface area contributed by atoms with E-state index in [0.717, 1.165) is 32.7 Å². The Bertz CT molecular complexity index is 1160. The fraction of sp³-hybridized carbons (Fsp3) is 0.379. The molecule has 194 valence electrons. The number of aryl methyl sites for hydroxylation is 1. The van der Waals surface area contributed by atoms with Crippen molar-refractivity contribution in [2.24, 2.45) is 0 Å². The summed E-state index contributed by atoms with van der Waals surface area (Å²) in [5.74, 6) is -0.332. The average Bonchev–Trinajstić information content (AvgIpc) is 2.76. The Hall–Kier alpha value is -3.19. The van der Waals surface area contributed by atoms with Crippen LogP contribution in [0.1, 0.15) is 63.8 Å². The number of thiol groups is 1. The largest absolute Gasteiger partial charge is 0.486 e. The maximum absolute atomic E-state index is 12.0. The van der Waals surface area contributed by atoms with E-state index in [2.05, 4.69) is 17.9 Å². The highest BCUT2D eigenvalue weighted by Crippen LogP contribution is 2.28. The van der Waals surface area contributed by atoms with Gasteiger partial charge in [-0.2, -0.15) is 0 Å². The summed E-state index contributed by atoms with van der Waals surface area (Å²) in [5.41, 5.74) is 4.85. The molecule has 0 aliphatic rings. The predicted octanol–water partition coefficient (Wildman–Crippen LogP) is 6.72. The number of aliphatic carboxylic acids is 1. The summed E-state index contributed by atoms with van der Waals surface area (Å²) in [6, 6.07) is 13.4. The van der Waals surface area contributed by atoms with E-state index in [0.29, 0.717) is 17.9 Å². The van der Waals surface area contributed by atoms with Crippen LogP contribution in [0, 0.1) is 6.92 Å². The molecule has 36 heavy (non-hydrogen) atoms. The summed E-state index contributed by atoms with van der Waals surface area (Å²) >= 11 is 4.62. The molecule has 0 aromatic heterocycles. The highest BCUT2D eigenvalue weighted by molar-refractivity contribution is 7.84. The quantitative estimate of drug-likeness (QED) is 0.257.